The summed E-state index contributed by atoms with van der Waals surface area (Å²) < 4.78 is 14.8. The molecule has 4 atom stereocenters. The predicted molar refractivity (Wildman–Crippen MR) is 142 cm³/mol. The molecule has 1 aliphatic carbocycles. The fraction of sp³-hybridized carbons (Fsp3) is 0.536. The van der Waals surface area contributed by atoms with E-state index < -0.39 is 30.8 Å². The summed E-state index contributed by atoms with van der Waals surface area (Å²) in [4.78, 5) is 35.5. The van der Waals surface area contributed by atoms with Gasteiger partial charge in [0, 0.05) is 38.2 Å². The standard InChI is InChI=1S/C28H38O8S/c1-3-12-35-28(33)19-36-27(32)8-5-13-37-14-11-24-23(25(30)17-26(24)31)10-9-22(29)16-20-6-4-7-21(15-20)18-34-2/h3-4,6-7,9-10,15,22-25,29-30H,1,5,8,11-14,16-19H2,2H3/b10-9+/t22-,23-,24-,25-/m1/s1. The molecule has 0 radical (unpaired) electrons. The van der Waals surface area contributed by atoms with Crippen LogP contribution in [-0.4, -0.2) is 72.0 Å². The Labute approximate surface area is 223 Å². The predicted octanol–water partition coefficient (Wildman–Crippen LogP) is 3.03. The number of Topliss-reactive ketones (excluding diaryl/α,β-unsaturated/α-hetero) is 1. The van der Waals surface area contributed by atoms with Gasteiger partial charge >= 0.3 is 11.9 Å². The number of hydrogen-bond acceptors (Lipinski definition) is 9. The molecule has 8 nitrogen and oxygen atoms in total. The Morgan fingerprint density at radius 3 is 2.76 bits per heavy atom. The Morgan fingerprint density at radius 1 is 1.22 bits per heavy atom. The van der Waals surface area contributed by atoms with Crippen LogP contribution in [-0.2, 0) is 41.6 Å². The number of thioether (sulfide) groups is 1. The second-order valence-corrected chi connectivity index (χ2v) is 10.2. The quantitative estimate of drug-likeness (QED) is 0.177. The van der Waals surface area contributed by atoms with Gasteiger partial charge < -0.3 is 24.4 Å². The molecule has 0 amide bonds. The molecule has 0 spiro atoms. The first-order valence-electron chi connectivity index (χ1n) is 12.5. The van der Waals surface area contributed by atoms with E-state index in [4.69, 9.17) is 14.2 Å². The number of aliphatic hydroxyl groups excluding tert-OH is 2. The number of ether oxygens (including phenoxy) is 3. The summed E-state index contributed by atoms with van der Waals surface area (Å²) in [7, 11) is 1.64. The molecule has 0 heterocycles. The zero-order chi connectivity index (χ0) is 27.0. The molecule has 0 unspecified atom stereocenters. The van der Waals surface area contributed by atoms with Gasteiger partial charge in [-0.1, -0.05) is 49.1 Å². The normalized spacial score (nSPS) is 20.2. The lowest BCUT2D eigenvalue weighted by molar-refractivity contribution is -0.158. The zero-order valence-corrected chi connectivity index (χ0v) is 22.2. The summed E-state index contributed by atoms with van der Waals surface area (Å²) in [6, 6.07) is 7.83. The number of hydrogen-bond donors (Lipinski definition) is 2. The van der Waals surface area contributed by atoms with Gasteiger partial charge in [0.15, 0.2) is 6.61 Å². The number of rotatable bonds is 17. The van der Waals surface area contributed by atoms with Gasteiger partial charge in [-0.05, 0) is 35.5 Å². The molecule has 37 heavy (non-hydrogen) atoms. The maximum absolute atomic E-state index is 12.4. The smallest absolute Gasteiger partial charge is 0.344 e. The molecule has 1 saturated carbocycles. The zero-order valence-electron chi connectivity index (χ0n) is 21.4. The van der Waals surface area contributed by atoms with Gasteiger partial charge in [0.05, 0.1) is 18.8 Å². The van der Waals surface area contributed by atoms with E-state index in [9.17, 15) is 24.6 Å². The molecule has 1 aromatic carbocycles. The fourth-order valence-corrected chi connectivity index (χ4v) is 5.18. The highest BCUT2D eigenvalue weighted by Gasteiger charge is 2.39. The number of methoxy groups -OCH3 is 1. The monoisotopic (exact) mass is 534 g/mol. The first-order chi connectivity index (χ1) is 17.8. The van der Waals surface area contributed by atoms with Gasteiger partial charge in [-0.2, -0.15) is 11.8 Å². The van der Waals surface area contributed by atoms with Crippen molar-refractivity contribution < 1.29 is 38.8 Å². The van der Waals surface area contributed by atoms with Crippen LogP contribution in [0.15, 0.2) is 49.1 Å². The Bertz CT molecular complexity index is 915. The third-order valence-corrected chi connectivity index (χ3v) is 7.09. The van der Waals surface area contributed by atoms with E-state index in [1.54, 1.807) is 31.0 Å². The molecule has 0 saturated heterocycles. The molecule has 2 rings (SSSR count). The molecule has 1 aromatic rings. The van der Waals surface area contributed by atoms with Gasteiger partial charge in [0.2, 0.25) is 0 Å². The van der Waals surface area contributed by atoms with Crippen molar-refractivity contribution in [1.82, 2.24) is 0 Å². The lowest BCUT2D eigenvalue weighted by Crippen LogP contribution is -2.20. The van der Waals surface area contributed by atoms with Crippen molar-refractivity contribution in [2.75, 3.05) is 31.8 Å². The van der Waals surface area contributed by atoms with Crippen molar-refractivity contribution in [2.45, 2.75) is 50.9 Å². The summed E-state index contributed by atoms with van der Waals surface area (Å²) in [5.41, 5.74) is 2.02. The first kappa shape index (κ1) is 30.8. The van der Waals surface area contributed by atoms with Crippen LogP contribution in [0.5, 0.6) is 0 Å². The van der Waals surface area contributed by atoms with Crippen LogP contribution in [0.25, 0.3) is 0 Å². The molecule has 1 fully saturated rings. The van der Waals surface area contributed by atoms with E-state index in [1.165, 1.54) is 6.08 Å². The number of ketones is 1. The van der Waals surface area contributed by atoms with Crippen LogP contribution in [0.1, 0.15) is 36.8 Å². The van der Waals surface area contributed by atoms with Crippen LogP contribution < -0.4 is 0 Å². The molecular formula is C28H38O8S. The molecule has 204 valence electrons. The Balaban J connectivity index is 1.71. The summed E-state index contributed by atoms with van der Waals surface area (Å²) in [6.07, 6.45) is 5.38. The second-order valence-electron chi connectivity index (χ2n) is 8.97. The van der Waals surface area contributed by atoms with E-state index in [0.717, 1.165) is 11.1 Å². The average molecular weight is 535 g/mol. The molecule has 2 N–H and O–H groups in total. The average Bonchev–Trinajstić information content (AvgIpc) is 3.14. The summed E-state index contributed by atoms with van der Waals surface area (Å²) in [5, 5.41) is 20.9. The van der Waals surface area contributed by atoms with E-state index in [-0.39, 0.29) is 37.1 Å². The number of carbonyl (C=O) groups excluding carboxylic acids is 3. The van der Waals surface area contributed by atoms with Gasteiger partial charge in [-0.25, -0.2) is 4.79 Å². The third-order valence-electron chi connectivity index (χ3n) is 5.99. The van der Waals surface area contributed by atoms with Crippen LogP contribution in [0.3, 0.4) is 0 Å². The van der Waals surface area contributed by atoms with Crippen LogP contribution >= 0.6 is 11.8 Å². The van der Waals surface area contributed by atoms with Crippen molar-refractivity contribution in [2.24, 2.45) is 11.8 Å². The van der Waals surface area contributed by atoms with Crippen LogP contribution in [0.4, 0.5) is 0 Å². The third kappa shape index (κ3) is 11.6. The maximum atomic E-state index is 12.4. The van der Waals surface area contributed by atoms with Crippen molar-refractivity contribution in [1.29, 1.82) is 0 Å². The van der Waals surface area contributed by atoms with Gasteiger partial charge in [-0.3, -0.25) is 9.59 Å². The minimum absolute atomic E-state index is 0.0384. The Kier molecular flexibility index (Phi) is 14.2. The van der Waals surface area contributed by atoms with Gasteiger partial charge in [-0.15, -0.1) is 0 Å². The van der Waals surface area contributed by atoms with Gasteiger partial charge in [0.1, 0.15) is 12.4 Å². The summed E-state index contributed by atoms with van der Waals surface area (Å²) >= 11 is 1.63. The van der Waals surface area contributed by atoms with E-state index in [1.807, 2.05) is 24.3 Å². The fourth-order valence-electron chi connectivity index (χ4n) is 4.21. The van der Waals surface area contributed by atoms with Crippen molar-refractivity contribution in [3.63, 3.8) is 0 Å². The first-order valence-corrected chi connectivity index (χ1v) is 13.6. The van der Waals surface area contributed by atoms with E-state index in [0.29, 0.717) is 37.4 Å². The number of esters is 2. The maximum Gasteiger partial charge on any atom is 0.344 e. The molecular weight excluding hydrogens is 496 g/mol. The number of benzene rings is 1. The van der Waals surface area contributed by atoms with Crippen molar-refractivity contribution in [3.8, 4) is 0 Å². The van der Waals surface area contributed by atoms with E-state index >= 15 is 0 Å². The second kappa shape index (κ2) is 17.1. The molecule has 9 heteroatoms. The lowest BCUT2D eigenvalue weighted by Gasteiger charge is -2.18. The topological polar surface area (TPSA) is 119 Å². The number of aliphatic hydroxyl groups is 2. The van der Waals surface area contributed by atoms with E-state index in [2.05, 4.69) is 6.58 Å². The molecule has 0 aromatic heterocycles. The van der Waals surface area contributed by atoms with Crippen molar-refractivity contribution >= 4 is 29.5 Å². The Morgan fingerprint density at radius 2 is 2.00 bits per heavy atom. The van der Waals surface area contributed by atoms with Crippen LogP contribution in [0, 0.1) is 11.8 Å². The number of carbonyl (C=O) groups is 3. The van der Waals surface area contributed by atoms with Crippen LogP contribution in [0.2, 0.25) is 0 Å². The molecule has 1 aliphatic rings. The van der Waals surface area contributed by atoms with Gasteiger partial charge in [0.25, 0.3) is 0 Å². The largest absolute Gasteiger partial charge is 0.459 e. The highest BCUT2D eigenvalue weighted by molar-refractivity contribution is 7.99. The minimum atomic E-state index is -0.746. The minimum Gasteiger partial charge on any atom is -0.459 e. The lowest BCUT2D eigenvalue weighted by atomic mass is 9.91. The highest BCUT2D eigenvalue weighted by atomic mass is 32.2. The Hall–Kier alpha value is -2.46. The molecule has 0 aliphatic heterocycles. The SMILES string of the molecule is C=CCOC(=O)COC(=O)CCCSCC[C@H]1C(=O)C[C@@H](O)[C@@H]1/C=C/[C@@H](O)Cc1cccc(COC)c1. The van der Waals surface area contributed by atoms with Crippen molar-refractivity contribution in [3.05, 3.63) is 60.2 Å². The summed E-state index contributed by atoms with van der Waals surface area (Å²) in [5.74, 6) is -0.221. The highest BCUT2D eigenvalue weighted by Crippen LogP contribution is 2.34. The molecule has 0 bridgehead atoms. The summed E-state index contributed by atoms with van der Waals surface area (Å²) in [6.45, 7) is 3.61.